The van der Waals surface area contributed by atoms with Crippen LogP contribution in [-0.2, 0) is 9.53 Å². The van der Waals surface area contributed by atoms with Crippen LogP contribution in [0.4, 0.5) is 0 Å². The minimum atomic E-state index is -0.855. The van der Waals surface area contributed by atoms with Crippen molar-refractivity contribution in [2.24, 2.45) is 0 Å². The van der Waals surface area contributed by atoms with E-state index >= 15 is 0 Å². The number of hydrogen-bond donors (Lipinski definition) is 0. The summed E-state index contributed by atoms with van der Waals surface area (Å²) in [5.41, 5.74) is 0.584. The van der Waals surface area contributed by atoms with Crippen molar-refractivity contribution < 1.29 is 9.53 Å². The van der Waals surface area contributed by atoms with Gasteiger partial charge in [-0.3, -0.25) is 9.78 Å². The zero-order valence-electron chi connectivity index (χ0n) is 7.10. The fraction of sp³-hybridized carbons (Fsp3) is 0.222. The Balaban J connectivity index is 2.80. The maximum atomic E-state index is 10.6. The van der Waals surface area contributed by atoms with E-state index in [2.05, 4.69) is 4.98 Å². The second-order valence-corrected chi connectivity index (χ2v) is 2.40. The molecule has 1 rings (SSSR count). The van der Waals surface area contributed by atoms with Crippen LogP contribution in [0.1, 0.15) is 18.6 Å². The van der Waals surface area contributed by atoms with Gasteiger partial charge in [-0.05, 0) is 6.07 Å². The molecule has 0 spiro atoms. The van der Waals surface area contributed by atoms with E-state index in [0.29, 0.717) is 5.56 Å². The van der Waals surface area contributed by atoms with Gasteiger partial charge in [-0.25, -0.2) is 0 Å². The molecular weight excluding hydrogens is 168 g/mol. The molecule has 0 aliphatic rings. The van der Waals surface area contributed by atoms with E-state index in [-0.39, 0.29) is 0 Å². The van der Waals surface area contributed by atoms with Gasteiger partial charge in [0, 0.05) is 24.9 Å². The number of hydrogen-bond acceptors (Lipinski definition) is 4. The Kier molecular flexibility index (Phi) is 2.98. The lowest BCUT2D eigenvalue weighted by Gasteiger charge is -2.07. The number of pyridine rings is 1. The Labute approximate surface area is 75.8 Å². The van der Waals surface area contributed by atoms with Gasteiger partial charge in [0.25, 0.3) is 0 Å². The lowest BCUT2D eigenvalue weighted by atomic mass is 10.2. The molecule has 0 fully saturated rings. The number of aromatic nitrogens is 1. The first-order valence-corrected chi connectivity index (χ1v) is 3.71. The van der Waals surface area contributed by atoms with E-state index in [1.807, 2.05) is 6.07 Å². The highest BCUT2D eigenvalue weighted by Gasteiger charge is 2.12. The van der Waals surface area contributed by atoms with Crippen LogP contribution in [0.5, 0.6) is 0 Å². The third-order valence-corrected chi connectivity index (χ3v) is 1.39. The quantitative estimate of drug-likeness (QED) is 0.635. The summed E-state index contributed by atoms with van der Waals surface area (Å²) in [5.74, 6) is -0.476. The molecule has 1 heterocycles. The molecule has 1 aromatic heterocycles. The van der Waals surface area contributed by atoms with Crippen molar-refractivity contribution in [1.82, 2.24) is 4.98 Å². The van der Waals surface area contributed by atoms with Crippen LogP contribution >= 0.6 is 0 Å². The number of esters is 1. The van der Waals surface area contributed by atoms with Crippen molar-refractivity contribution in [3.05, 3.63) is 30.1 Å². The Morgan fingerprint density at radius 3 is 3.00 bits per heavy atom. The largest absolute Gasteiger partial charge is 0.442 e. The molecule has 0 amide bonds. The number of carbonyl (C=O) groups is 1. The molecule has 0 bridgehead atoms. The molecule has 13 heavy (non-hydrogen) atoms. The summed E-state index contributed by atoms with van der Waals surface area (Å²) in [6, 6.07) is 5.23. The molecule has 1 aromatic rings. The van der Waals surface area contributed by atoms with Crippen molar-refractivity contribution in [1.29, 1.82) is 5.26 Å². The maximum absolute atomic E-state index is 10.6. The lowest BCUT2D eigenvalue weighted by Crippen LogP contribution is -2.06. The number of nitrogens with zero attached hydrogens (tertiary/aromatic N) is 2. The Hall–Kier alpha value is -1.89. The molecule has 4 heteroatoms. The normalized spacial score (nSPS) is 11.4. The SMILES string of the molecule is CC(=O)O[C@H](C#N)c1cccnc1. The summed E-state index contributed by atoms with van der Waals surface area (Å²) < 4.78 is 4.75. The third-order valence-electron chi connectivity index (χ3n) is 1.39. The molecular formula is C9H8N2O2. The Morgan fingerprint density at radius 1 is 1.77 bits per heavy atom. The van der Waals surface area contributed by atoms with E-state index in [1.165, 1.54) is 13.1 Å². The van der Waals surface area contributed by atoms with E-state index in [1.54, 1.807) is 18.3 Å². The molecule has 66 valence electrons. The van der Waals surface area contributed by atoms with Crippen LogP contribution in [-0.4, -0.2) is 11.0 Å². The van der Waals surface area contributed by atoms with Crippen LogP contribution in [0.2, 0.25) is 0 Å². The van der Waals surface area contributed by atoms with Gasteiger partial charge < -0.3 is 4.74 Å². The van der Waals surface area contributed by atoms with Gasteiger partial charge in [0.15, 0.2) is 0 Å². The van der Waals surface area contributed by atoms with Crippen molar-refractivity contribution in [2.75, 3.05) is 0 Å². The van der Waals surface area contributed by atoms with Crippen LogP contribution in [0, 0.1) is 11.3 Å². The zero-order valence-corrected chi connectivity index (χ0v) is 7.10. The average molecular weight is 176 g/mol. The van der Waals surface area contributed by atoms with E-state index in [9.17, 15) is 4.79 Å². The van der Waals surface area contributed by atoms with Crippen molar-refractivity contribution in [2.45, 2.75) is 13.0 Å². The summed E-state index contributed by atoms with van der Waals surface area (Å²) in [7, 11) is 0. The molecule has 0 aliphatic heterocycles. The van der Waals surface area contributed by atoms with Gasteiger partial charge in [-0.15, -0.1) is 0 Å². The number of ether oxygens (including phenoxy) is 1. The smallest absolute Gasteiger partial charge is 0.304 e. The summed E-state index contributed by atoms with van der Waals surface area (Å²) in [4.78, 5) is 14.4. The molecule has 4 nitrogen and oxygen atoms in total. The van der Waals surface area contributed by atoms with Gasteiger partial charge >= 0.3 is 5.97 Å². The van der Waals surface area contributed by atoms with E-state index < -0.39 is 12.1 Å². The summed E-state index contributed by atoms with van der Waals surface area (Å²) in [6.45, 7) is 1.26. The summed E-state index contributed by atoms with van der Waals surface area (Å²) in [5, 5.41) is 8.67. The van der Waals surface area contributed by atoms with Crippen LogP contribution < -0.4 is 0 Å². The van der Waals surface area contributed by atoms with Crippen LogP contribution in [0.15, 0.2) is 24.5 Å². The van der Waals surface area contributed by atoms with Crippen molar-refractivity contribution in [3.63, 3.8) is 0 Å². The molecule has 0 unspecified atom stereocenters. The predicted octanol–water partition coefficient (Wildman–Crippen LogP) is 1.21. The Bertz CT molecular complexity index is 329. The van der Waals surface area contributed by atoms with E-state index in [4.69, 9.17) is 10.00 Å². The number of carbonyl (C=O) groups excluding carboxylic acids is 1. The topological polar surface area (TPSA) is 63.0 Å². The molecule has 0 aromatic carbocycles. The second kappa shape index (κ2) is 4.21. The lowest BCUT2D eigenvalue weighted by molar-refractivity contribution is -0.144. The Morgan fingerprint density at radius 2 is 2.54 bits per heavy atom. The van der Waals surface area contributed by atoms with Gasteiger partial charge in [-0.2, -0.15) is 5.26 Å². The molecule has 0 saturated heterocycles. The predicted molar refractivity (Wildman–Crippen MR) is 44.4 cm³/mol. The molecule has 1 atom stereocenters. The fourth-order valence-electron chi connectivity index (χ4n) is 0.866. The van der Waals surface area contributed by atoms with E-state index in [0.717, 1.165) is 0 Å². The first-order chi connectivity index (χ1) is 6.24. The monoisotopic (exact) mass is 176 g/mol. The highest BCUT2D eigenvalue weighted by atomic mass is 16.5. The summed E-state index contributed by atoms with van der Waals surface area (Å²) >= 11 is 0. The minimum Gasteiger partial charge on any atom is -0.442 e. The highest BCUT2D eigenvalue weighted by molar-refractivity contribution is 5.66. The standard InChI is InChI=1S/C9H8N2O2/c1-7(12)13-9(5-10)8-3-2-4-11-6-8/h2-4,6,9H,1H3/t9-/m1/s1. The third kappa shape index (κ3) is 2.56. The van der Waals surface area contributed by atoms with Crippen LogP contribution in [0.3, 0.4) is 0 Å². The molecule has 0 aliphatic carbocycles. The van der Waals surface area contributed by atoms with Gasteiger partial charge in [0.05, 0.1) is 0 Å². The molecule has 0 radical (unpaired) electrons. The highest BCUT2D eigenvalue weighted by Crippen LogP contribution is 2.14. The van der Waals surface area contributed by atoms with Gasteiger partial charge in [0.2, 0.25) is 6.10 Å². The first-order valence-electron chi connectivity index (χ1n) is 3.71. The second-order valence-electron chi connectivity index (χ2n) is 2.40. The molecule has 0 saturated carbocycles. The molecule has 0 N–H and O–H groups in total. The zero-order chi connectivity index (χ0) is 9.68. The number of rotatable bonds is 2. The van der Waals surface area contributed by atoms with Crippen LogP contribution in [0.25, 0.3) is 0 Å². The van der Waals surface area contributed by atoms with Gasteiger partial charge in [0.1, 0.15) is 6.07 Å². The van der Waals surface area contributed by atoms with Crippen molar-refractivity contribution >= 4 is 5.97 Å². The maximum Gasteiger partial charge on any atom is 0.304 e. The minimum absolute atomic E-state index is 0.476. The summed E-state index contributed by atoms with van der Waals surface area (Å²) in [6.07, 6.45) is 2.23. The number of nitriles is 1. The average Bonchev–Trinajstić information content (AvgIpc) is 2.15. The first kappa shape index (κ1) is 9.20. The fourth-order valence-corrected chi connectivity index (χ4v) is 0.866. The van der Waals surface area contributed by atoms with Gasteiger partial charge in [-0.1, -0.05) is 6.07 Å². The van der Waals surface area contributed by atoms with Crippen molar-refractivity contribution in [3.8, 4) is 6.07 Å².